The Morgan fingerprint density at radius 2 is 1.10 bits per heavy atom. The van der Waals surface area contributed by atoms with E-state index in [0.717, 1.165) is 81.6 Å². The van der Waals surface area contributed by atoms with E-state index in [1.165, 1.54) is 8.96 Å². The van der Waals surface area contributed by atoms with Crippen LogP contribution in [0.25, 0.3) is 23.8 Å². The molecule has 2 nitrogen and oxygen atoms in total. The van der Waals surface area contributed by atoms with E-state index in [-0.39, 0.29) is 23.7 Å². The summed E-state index contributed by atoms with van der Waals surface area (Å²) in [6.45, 7) is -4.27. The highest BCUT2D eigenvalue weighted by Gasteiger charge is 2.61. The summed E-state index contributed by atoms with van der Waals surface area (Å²) in [7, 11) is 0. The van der Waals surface area contributed by atoms with Gasteiger partial charge in [-0.05, 0) is 65.7 Å². The Hall–Kier alpha value is -5.03. The zero-order valence-electron chi connectivity index (χ0n) is 26.6. The lowest BCUT2D eigenvalue weighted by Crippen LogP contribution is -2.52. The molecule has 3 aromatic carbocycles. The van der Waals surface area contributed by atoms with Gasteiger partial charge in [0.05, 0.1) is 5.57 Å². The third-order valence-electron chi connectivity index (χ3n) is 11.5. The van der Waals surface area contributed by atoms with Gasteiger partial charge in [-0.1, -0.05) is 121 Å². The van der Waals surface area contributed by atoms with E-state index in [1.54, 1.807) is 0 Å². The molecule has 0 amide bonds. The molecule has 1 aromatic heterocycles. The van der Waals surface area contributed by atoms with Crippen molar-refractivity contribution >= 4 is 36.5 Å². The van der Waals surface area contributed by atoms with Gasteiger partial charge in [-0.25, -0.2) is 0 Å². The molecule has 48 heavy (non-hydrogen) atoms. The summed E-state index contributed by atoms with van der Waals surface area (Å²) in [5.41, 5.74) is 11.1. The zero-order chi connectivity index (χ0) is 32.0. The highest BCUT2D eigenvalue weighted by atomic mass is 19.2. The first-order chi connectivity index (χ1) is 23.6. The fourth-order valence-corrected chi connectivity index (χ4v) is 9.50. The summed E-state index contributed by atoms with van der Waals surface area (Å²) in [5, 5.41) is 0. The Labute approximate surface area is 280 Å². The largest absolute Gasteiger partial charge is 0.737 e. The molecule has 0 saturated carbocycles. The average Bonchev–Trinajstić information content (AvgIpc) is 3.70. The van der Waals surface area contributed by atoms with Crippen LogP contribution in [0.3, 0.4) is 0 Å². The minimum Gasteiger partial charge on any atom is -0.389 e. The minimum atomic E-state index is -4.27. The van der Waals surface area contributed by atoms with Gasteiger partial charge in [-0.3, -0.25) is 0 Å². The predicted molar refractivity (Wildman–Crippen MR) is 193 cm³/mol. The minimum absolute atomic E-state index is 0.126. The van der Waals surface area contributed by atoms with Gasteiger partial charge in [0.1, 0.15) is 0 Å². The molecule has 0 fully saturated rings. The third kappa shape index (κ3) is 3.94. The molecule has 5 heteroatoms. The van der Waals surface area contributed by atoms with Crippen molar-refractivity contribution in [2.45, 2.75) is 37.5 Å². The van der Waals surface area contributed by atoms with Crippen LogP contribution in [0.4, 0.5) is 8.63 Å². The first-order valence-electron chi connectivity index (χ1n) is 17.4. The van der Waals surface area contributed by atoms with Crippen LogP contribution in [0.2, 0.25) is 0 Å². The zero-order valence-corrected chi connectivity index (χ0v) is 26.6. The van der Waals surface area contributed by atoms with Crippen LogP contribution in [0.5, 0.6) is 0 Å². The van der Waals surface area contributed by atoms with Crippen molar-refractivity contribution in [2.24, 2.45) is 11.8 Å². The molecule has 2 aliphatic heterocycles. The first kappa shape index (κ1) is 28.0. The number of allylic oxidation sites excluding steroid dienone is 7. The molecule has 0 radical (unpaired) electrons. The lowest BCUT2D eigenvalue weighted by molar-refractivity contribution is -0.362. The van der Waals surface area contributed by atoms with Crippen LogP contribution >= 0.6 is 0 Å². The second-order valence-corrected chi connectivity index (χ2v) is 14.0. The van der Waals surface area contributed by atoms with E-state index < -0.39 is 6.97 Å². The molecule has 234 valence electrons. The summed E-state index contributed by atoms with van der Waals surface area (Å²) in [5.74, 6) is 0.516. The topological polar surface area (TPSA) is 7.94 Å². The molecule has 4 bridgehead atoms. The number of halogens is 2. The fraction of sp³-hybridized carbons (Fsp3) is 0.186. The van der Waals surface area contributed by atoms with Crippen LogP contribution in [0, 0.1) is 11.8 Å². The molecule has 0 saturated heterocycles. The van der Waals surface area contributed by atoms with E-state index in [4.69, 9.17) is 0 Å². The molecule has 4 atom stereocenters. The normalized spacial score (nSPS) is 25.8. The Kier molecular flexibility index (Phi) is 6.12. The predicted octanol–water partition coefficient (Wildman–Crippen LogP) is 10.3. The number of benzene rings is 3. The van der Waals surface area contributed by atoms with Crippen LogP contribution < -0.4 is 0 Å². The van der Waals surface area contributed by atoms with Gasteiger partial charge < -0.3 is 17.6 Å². The summed E-state index contributed by atoms with van der Waals surface area (Å²) in [6, 6.07) is 30.5. The van der Waals surface area contributed by atoms with Crippen LogP contribution in [-0.4, -0.2) is 21.6 Å². The Morgan fingerprint density at radius 3 is 1.71 bits per heavy atom. The van der Waals surface area contributed by atoms with Gasteiger partial charge in [-0.15, -0.1) is 0 Å². The number of rotatable bonds is 5. The van der Waals surface area contributed by atoms with E-state index in [9.17, 15) is 0 Å². The van der Waals surface area contributed by atoms with Crippen molar-refractivity contribution in [3.63, 3.8) is 0 Å². The van der Waals surface area contributed by atoms with Crippen LogP contribution in [0.15, 0.2) is 138 Å². The van der Waals surface area contributed by atoms with Crippen molar-refractivity contribution < 1.29 is 13.1 Å². The fourth-order valence-electron chi connectivity index (χ4n) is 9.50. The Morgan fingerprint density at radius 1 is 0.583 bits per heavy atom. The van der Waals surface area contributed by atoms with E-state index in [0.29, 0.717) is 11.4 Å². The van der Waals surface area contributed by atoms with E-state index in [2.05, 4.69) is 36.4 Å². The van der Waals surface area contributed by atoms with Gasteiger partial charge >= 0.3 is 6.97 Å². The second kappa shape index (κ2) is 10.5. The van der Waals surface area contributed by atoms with Gasteiger partial charge in [-0.2, -0.15) is 0 Å². The molecule has 12 rings (SSSR count). The lowest BCUT2D eigenvalue weighted by Gasteiger charge is -2.36. The molecule has 4 unspecified atom stereocenters. The summed E-state index contributed by atoms with van der Waals surface area (Å²) >= 11 is 0. The molecule has 4 aromatic rings. The van der Waals surface area contributed by atoms with Gasteiger partial charge in [0.25, 0.3) is 0 Å². The maximum atomic E-state index is 18.2. The number of hydrogen-bond donors (Lipinski definition) is 0. The van der Waals surface area contributed by atoms with E-state index >= 15 is 8.63 Å². The first-order valence-corrected chi connectivity index (χ1v) is 17.4. The highest BCUT2D eigenvalue weighted by molar-refractivity contribution is 6.59. The Bertz CT molecular complexity index is 2210. The Balaban J connectivity index is 1.33. The second-order valence-electron chi connectivity index (χ2n) is 14.0. The lowest BCUT2D eigenvalue weighted by atomic mass is 9.68. The van der Waals surface area contributed by atoms with Crippen molar-refractivity contribution in [1.82, 2.24) is 4.48 Å². The van der Waals surface area contributed by atoms with Gasteiger partial charge in [0, 0.05) is 52.3 Å². The van der Waals surface area contributed by atoms with E-state index in [1.807, 2.05) is 103 Å². The van der Waals surface area contributed by atoms with Crippen molar-refractivity contribution in [1.29, 1.82) is 0 Å². The van der Waals surface area contributed by atoms with Crippen LogP contribution in [0.1, 0.15) is 76.7 Å². The van der Waals surface area contributed by atoms with Crippen molar-refractivity contribution in [3.8, 4) is 0 Å². The average molecular weight is 629 g/mol. The molecular formula is C43H35BF2N2. The number of hydrogen-bond acceptors (Lipinski definition) is 0. The van der Waals surface area contributed by atoms with Gasteiger partial charge in [0.2, 0.25) is 0 Å². The maximum absolute atomic E-state index is 18.2. The van der Waals surface area contributed by atoms with Crippen molar-refractivity contribution in [3.05, 3.63) is 177 Å². The molecule has 8 aliphatic rings. The molecule has 6 aliphatic carbocycles. The maximum Gasteiger partial charge on any atom is 0.737 e. The van der Waals surface area contributed by atoms with Gasteiger partial charge in [0.15, 0.2) is 11.4 Å². The number of fused-ring (bicyclic) bond motifs is 4. The molecule has 0 N–H and O–H groups in total. The standard InChI is InChI=1S/C43H35BF2N2/c45-44(46)47-35(26-16-28-10-4-1-5-11-28)37-31-18-22-33(23-19-31)39(37)42(47)41(30-14-8-3-9-15-30)43-40-34-24-20-32(21-25-34)38(40)36(48(43)44)27-17-29-12-6-2-7-13-29/h1-18,20,22,24,26-27,31-34H,19,21,23,25H2/b26-16+,27-17+. The molecule has 0 spiro atoms. The monoisotopic (exact) mass is 628 g/mol. The summed E-state index contributed by atoms with van der Waals surface area (Å²) < 4.78 is 39.4. The van der Waals surface area contributed by atoms with Crippen LogP contribution in [-0.2, 0) is 0 Å². The highest BCUT2D eigenvalue weighted by Crippen LogP contribution is 2.58. The molecular weight excluding hydrogens is 593 g/mol. The molecule has 3 heterocycles. The number of aromatic nitrogens is 1. The number of nitrogens with zero attached hydrogens (tertiary/aromatic N) is 2. The van der Waals surface area contributed by atoms with Crippen molar-refractivity contribution in [2.75, 3.05) is 0 Å². The summed E-state index contributed by atoms with van der Waals surface area (Å²) in [4.78, 5) is 0. The smallest absolute Gasteiger partial charge is 0.389 e. The third-order valence-corrected chi connectivity index (χ3v) is 11.5. The summed E-state index contributed by atoms with van der Waals surface area (Å²) in [6.07, 6.45) is 21.1. The quantitative estimate of drug-likeness (QED) is 0.154. The SMILES string of the molecule is F[B-]1(F)n2c(/C=C/c3ccccc3)c3c(c2C(c2ccccc2)=C2C4=C(C(/C=C/c5ccccc5)=[N+]21)C1C=CC4CC1)C1C=CC3CC1.